The van der Waals surface area contributed by atoms with Crippen molar-refractivity contribution in [2.45, 2.75) is 16.8 Å². The van der Waals surface area contributed by atoms with Gasteiger partial charge in [0, 0.05) is 31.6 Å². The largest absolute Gasteiger partial charge is 0.339 e. The van der Waals surface area contributed by atoms with Gasteiger partial charge in [-0.2, -0.15) is 9.57 Å². The minimum absolute atomic E-state index is 0.00980. The highest BCUT2D eigenvalue weighted by molar-refractivity contribution is 7.99. The van der Waals surface area contributed by atoms with Gasteiger partial charge in [0.1, 0.15) is 6.07 Å². The van der Waals surface area contributed by atoms with Crippen LogP contribution in [-0.2, 0) is 14.8 Å². The van der Waals surface area contributed by atoms with Crippen molar-refractivity contribution in [3.63, 3.8) is 0 Å². The molecule has 32 heavy (non-hydrogen) atoms. The Morgan fingerprint density at radius 2 is 1.78 bits per heavy atom. The molecular weight excluding hydrogens is 444 g/mol. The highest BCUT2D eigenvalue weighted by Crippen LogP contribution is 2.25. The lowest BCUT2D eigenvalue weighted by Crippen LogP contribution is -2.51. The van der Waals surface area contributed by atoms with Crippen molar-refractivity contribution in [2.24, 2.45) is 0 Å². The van der Waals surface area contributed by atoms with Crippen molar-refractivity contribution in [3.05, 3.63) is 65.7 Å². The number of para-hydroxylation sites is 1. The maximum absolute atomic E-state index is 13.0. The van der Waals surface area contributed by atoms with Crippen LogP contribution >= 0.6 is 11.8 Å². The summed E-state index contributed by atoms with van der Waals surface area (Å²) in [7, 11) is -3.78. The lowest BCUT2D eigenvalue weighted by atomic mass is 10.1. The van der Waals surface area contributed by atoms with Gasteiger partial charge in [0.15, 0.2) is 0 Å². The number of hydrogen-bond donors (Lipinski definition) is 0. The minimum atomic E-state index is -3.78. The number of nitriles is 1. The molecule has 0 saturated carbocycles. The van der Waals surface area contributed by atoms with Crippen LogP contribution < -0.4 is 0 Å². The number of fused-ring (bicyclic) bond motifs is 1. The smallest absolute Gasteiger partial charge is 0.244 e. The van der Waals surface area contributed by atoms with E-state index in [1.165, 1.54) is 28.2 Å². The molecule has 0 radical (unpaired) electrons. The first-order valence-corrected chi connectivity index (χ1v) is 12.6. The number of thioether (sulfide) groups is 1. The van der Waals surface area contributed by atoms with E-state index in [2.05, 4.69) is 4.98 Å². The number of aromatic nitrogens is 1. The average Bonchev–Trinajstić information content (AvgIpc) is 2.82. The van der Waals surface area contributed by atoms with E-state index in [0.717, 1.165) is 21.5 Å². The lowest BCUT2D eigenvalue weighted by molar-refractivity contribution is -0.129. The molecule has 0 unspecified atom stereocenters. The zero-order valence-corrected chi connectivity index (χ0v) is 19.2. The predicted octanol–water partition coefficient (Wildman–Crippen LogP) is 3.04. The van der Waals surface area contributed by atoms with Crippen LogP contribution in [0.1, 0.15) is 11.1 Å². The normalized spacial score (nSPS) is 14.9. The Bertz CT molecular complexity index is 1310. The molecule has 2 heterocycles. The van der Waals surface area contributed by atoms with E-state index in [1.54, 1.807) is 17.0 Å². The van der Waals surface area contributed by atoms with Gasteiger partial charge in [-0.05, 0) is 36.8 Å². The Kier molecular flexibility index (Phi) is 6.46. The standard InChI is InChI=1S/C23H22N4O3S2/c1-17-14-22(25-20-8-4-3-7-19(17)20)31-16-23(28)26-10-12-27(13-11-26)32(29,30)21-9-5-2-6-18(21)15-24/h2-9,14H,10-13,16H2,1H3. The second-order valence-corrected chi connectivity index (χ2v) is 10.4. The van der Waals surface area contributed by atoms with Crippen molar-refractivity contribution in [2.75, 3.05) is 31.9 Å². The Labute approximate surface area is 191 Å². The van der Waals surface area contributed by atoms with E-state index in [4.69, 9.17) is 0 Å². The summed E-state index contributed by atoms with van der Waals surface area (Å²) >= 11 is 1.39. The molecule has 0 bridgehead atoms. The highest BCUT2D eigenvalue weighted by atomic mass is 32.2. The quantitative estimate of drug-likeness (QED) is 0.537. The first kappa shape index (κ1) is 22.3. The van der Waals surface area contributed by atoms with Gasteiger partial charge >= 0.3 is 0 Å². The van der Waals surface area contributed by atoms with Gasteiger partial charge in [0.25, 0.3) is 0 Å². The zero-order chi connectivity index (χ0) is 22.7. The average molecular weight is 467 g/mol. The van der Waals surface area contributed by atoms with Crippen LogP contribution in [0.5, 0.6) is 0 Å². The number of hydrogen-bond acceptors (Lipinski definition) is 6. The number of carbonyl (C=O) groups is 1. The molecule has 1 fully saturated rings. The van der Waals surface area contributed by atoms with Crippen molar-refractivity contribution in [1.29, 1.82) is 5.26 Å². The number of benzene rings is 2. The molecular formula is C23H22N4O3S2. The third kappa shape index (κ3) is 4.48. The van der Waals surface area contributed by atoms with Crippen LogP contribution in [0.15, 0.2) is 64.5 Å². The monoisotopic (exact) mass is 466 g/mol. The Hall–Kier alpha value is -2.93. The Balaban J connectivity index is 1.37. The summed E-state index contributed by atoms with van der Waals surface area (Å²) in [6.07, 6.45) is 0. The van der Waals surface area contributed by atoms with E-state index in [0.29, 0.717) is 13.1 Å². The number of sulfonamides is 1. The Morgan fingerprint density at radius 3 is 2.53 bits per heavy atom. The maximum atomic E-state index is 13.0. The molecule has 0 atom stereocenters. The molecule has 2 aromatic carbocycles. The van der Waals surface area contributed by atoms with E-state index >= 15 is 0 Å². The maximum Gasteiger partial charge on any atom is 0.244 e. The van der Waals surface area contributed by atoms with Crippen LogP contribution in [0.25, 0.3) is 10.9 Å². The second-order valence-electron chi connectivity index (χ2n) is 7.48. The summed E-state index contributed by atoms with van der Waals surface area (Å²) in [6, 6.07) is 18.0. The molecule has 164 valence electrons. The molecule has 3 aromatic rings. The van der Waals surface area contributed by atoms with Crippen molar-refractivity contribution >= 4 is 38.6 Å². The number of pyridine rings is 1. The van der Waals surface area contributed by atoms with Gasteiger partial charge in [-0.15, -0.1) is 0 Å². The SMILES string of the molecule is Cc1cc(SCC(=O)N2CCN(S(=O)(=O)c3ccccc3C#N)CC2)nc2ccccc12. The lowest BCUT2D eigenvalue weighted by Gasteiger charge is -2.34. The highest BCUT2D eigenvalue weighted by Gasteiger charge is 2.31. The molecule has 0 aliphatic carbocycles. The topological polar surface area (TPSA) is 94.4 Å². The molecule has 1 aromatic heterocycles. The van der Waals surface area contributed by atoms with Crippen LogP contribution in [-0.4, -0.2) is 60.4 Å². The van der Waals surface area contributed by atoms with Crippen molar-refractivity contribution in [1.82, 2.24) is 14.2 Å². The first-order chi connectivity index (χ1) is 15.4. The summed E-state index contributed by atoms with van der Waals surface area (Å²) in [6.45, 7) is 3.06. The summed E-state index contributed by atoms with van der Waals surface area (Å²) in [5, 5.41) is 11.1. The number of nitrogens with zero attached hydrogens (tertiary/aromatic N) is 4. The third-order valence-electron chi connectivity index (χ3n) is 5.46. The van der Waals surface area contributed by atoms with Crippen molar-refractivity contribution in [3.8, 4) is 6.07 Å². The number of amides is 1. The van der Waals surface area contributed by atoms with Gasteiger partial charge in [-0.3, -0.25) is 4.79 Å². The molecule has 0 spiro atoms. The summed E-state index contributed by atoms with van der Waals surface area (Å²) < 4.78 is 27.2. The van der Waals surface area contributed by atoms with E-state index < -0.39 is 10.0 Å². The number of aryl methyl sites for hydroxylation is 1. The van der Waals surface area contributed by atoms with Crippen molar-refractivity contribution < 1.29 is 13.2 Å². The minimum Gasteiger partial charge on any atom is -0.339 e. The van der Waals surface area contributed by atoms with Crippen LogP contribution in [0.3, 0.4) is 0 Å². The molecule has 1 aliphatic heterocycles. The van der Waals surface area contributed by atoms with Crippen LogP contribution in [0.2, 0.25) is 0 Å². The fraction of sp³-hybridized carbons (Fsp3) is 0.261. The summed E-state index contributed by atoms with van der Waals surface area (Å²) in [4.78, 5) is 19.0. The van der Waals surface area contributed by atoms with Crippen LogP contribution in [0.4, 0.5) is 0 Å². The number of rotatable bonds is 5. The first-order valence-electron chi connectivity index (χ1n) is 10.2. The molecule has 1 amide bonds. The van der Waals surface area contributed by atoms with Gasteiger partial charge < -0.3 is 4.90 Å². The summed E-state index contributed by atoms with van der Waals surface area (Å²) in [5.41, 5.74) is 2.14. The second kappa shape index (κ2) is 9.28. The number of carbonyl (C=O) groups excluding carboxylic acids is 1. The number of piperazine rings is 1. The van der Waals surface area contributed by atoms with Gasteiger partial charge in [0.2, 0.25) is 15.9 Å². The van der Waals surface area contributed by atoms with E-state index in [9.17, 15) is 18.5 Å². The molecule has 4 rings (SSSR count). The van der Waals surface area contributed by atoms with Crippen LogP contribution in [0, 0.1) is 18.3 Å². The summed E-state index contributed by atoms with van der Waals surface area (Å²) in [5.74, 6) is 0.200. The predicted molar refractivity (Wildman–Crippen MR) is 124 cm³/mol. The molecule has 0 N–H and O–H groups in total. The van der Waals surface area contributed by atoms with Gasteiger partial charge in [-0.25, -0.2) is 13.4 Å². The molecule has 7 nitrogen and oxygen atoms in total. The van der Waals surface area contributed by atoms with E-state index in [1.807, 2.05) is 43.3 Å². The zero-order valence-electron chi connectivity index (χ0n) is 17.6. The molecule has 1 saturated heterocycles. The molecule has 9 heteroatoms. The third-order valence-corrected chi connectivity index (χ3v) is 8.31. The molecule has 1 aliphatic rings. The Morgan fingerprint density at radius 1 is 1.09 bits per heavy atom. The fourth-order valence-electron chi connectivity index (χ4n) is 3.72. The van der Waals surface area contributed by atoms with E-state index in [-0.39, 0.29) is 35.2 Å². The van der Waals surface area contributed by atoms with Gasteiger partial charge in [-0.1, -0.05) is 42.1 Å². The van der Waals surface area contributed by atoms with Gasteiger partial charge in [0.05, 0.1) is 26.8 Å². The fourth-order valence-corrected chi connectivity index (χ4v) is 6.16.